The summed E-state index contributed by atoms with van der Waals surface area (Å²) in [6.45, 7) is 4.13. The van der Waals surface area contributed by atoms with Crippen molar-refractivity contribution in [2.45, 2.75) is 26.4 Å². The molecule has 4 aromatic carbocycles. The molecule has 1 atom stereocenters. The molecule has 10 heteroatoms. The van der Waals surface area contributed by atoms with Crippen LogP contribution in [0, 0.1) is 6.92 Å². The lowest BCUT2D eigenvalue weighted by Gasteiger charge is -2.18. The van der Waals surface area contributed by atoms with E-state index in [0.717, 1.165) is 27.8 Å². The molecule has 0 amide bonds. The van der Waals surface area contributed by atoms with Crippen molar-refractivity contribution in [1.82, 2.24) is 39.3 Å². The predicted molar refractivity (Wildman–Crippen MR) is 169 cm³/mol. The zero-order chi connectivity index (χ0) is 30.2. The van der Waals surface area contributed by atoms with E-state index in [9.17, 15) is 9.59 Å². The maximum atomic E-state index is 14.2. The highest BCUT2D eigenvalue weighted by molar-refractivity contribution is 5.80. The third-order valence-corrected chi connectivity index (χ3v) is 7.97. The van der Waals surface area contributed by atoms with Crippen molar-refractivity contribution in [1.29, 1.82) is 0 Å². The molecule has 3 heterocycles. The van der Waals surface area contributed by atoms with Crippen molar-refractivity contribution in [3.63, 3.8) is 0 Å². The molecule has 1 N–H and O–H groups in total. The molecule has 0 saturated heterocycles. The van der Waals surface area contributed by atoms with Crippen LogP contribution in [0.4, 0.5) is 0 Å². The first-order valence-electron chi connectivity index (χ1n) is 14.3. The fourth-order valence-electron chi connectivity index (χ4n) is 5.72. The van der Waals surface area contributed by atoms with Gasteiger partial charge in [-0.2, -0.15) is 5.21 Å². The number of aryl methyl sites for hydroxylation is 1. The highest BCUT2D eigenvalue weighted by Gasteiger charge is 2.24. The Morgan fingerprint density at radius 3 is 2.14 bits per heavy atom. The van der Waals surface area contributed by atoms with Gasteiger partial charge < -0.3 is 4.57 Å². The predicted octanol–water partition coefficient (Wildman–Crippen LogP) is 5.16. The van der Waals surface area contributed by atoms with Gasteiger partial charge in [-0.3, -0.25) is 9.36 Å². The second-order valence-electron chi connectivity index (χ2n) is 10.6. The van der Waals surface area contributed by atoms with Crippen molar-refractivity contribution in [2.75, 3.05) is 0 Å². The summed E-state index contributed by atoms with van der Waals surface area (Å²) in [6, 6.07) is 34.5. The van der Waals surface area contributed by atoms with Crippen LogP contribution in [-0.4, -0.2) is 39.3 Å². The van der Waals surface area contributed by atoms with Gasteiger partial charge in [0.1, 0.15) is 5.82 Å². The van der Waals surface area contributed by atoms with E-state index < -0.39 is 11.7 Å². The SMILES string of the molecule is Cc1nc2c(c(=O)n(C(C)c3ccccc3)c(=O)n2-c2ccccc2)n1Cc1ccc(-c2ccccc2-c2nn[nH]n2)cc1. The first kappa shape index (κ1) is 27.0. The summed E-state index contributed by atoms with van der Waals surface area (Å²) in [7, 11) is 0. The Morgan fingerprint density at radius 2 is 1.45 bits per heavy atom. The Bertz CT molecular complexity index is 2200. The average molecular weight is 581 g/mol. The third-order valence-electron chi connectivity index (χ3n) is 7.97. The van der Waals surface area contributed by atoms with Crippen LogP contribution in [0.1, 0.15) is 29.9 Å². The Hall–Kier alpha value is -5.90. The van der Waals surface area contributed by atoms with Gasteiger partial charge in [0.2, 0.25) is 5.82 Å². The highest BCUT2D eigenvalue weighted by atomic mass is 16.2. The largest absolute Gasteiger partial charge is 0.337 e. The lowest BCUT2D eigenvalue weighted by atomic mass is 9.98. The van der Waals surface area contributed by atoms with E-state index in [2.05, 4.69) is 20.6 Å². The molecule has 0 radical (unpaired) electrons. The van der Waals surface area contributed by atoms with Gasteiger partial charge in [0.15, 0.2) is 11.2 Å². The standard InChI is InChI=1S/C34H28N8O2/c1-22(25-11-5-3-6-12-25)41-33(43)30-32(42(34(41)44)27-13-7-4-8-14-27)35-23(2)40(30)21-24-17-19-26(20-18-24)28-15-9-10-16-29(28)31-36-38-39-37-31/h3-20,22H,21H2,1-2H3,(H,36,37,38,39). The second-order valence-corrected chi connectivity index (χ2v) is 10.6. The topological polar surface area (TPSA) is 116 Å². The van der Waals surface area contributed by atoms with Crippen LogP contribution in [0.5, 0.6) is 0 Å². The van der Waals surface area contributed by atoms with Gasteiger partial charge >= 0.3 is 5.69 Å². The molecule has 0 saturated carbocycles. The molecule has 3 aromatic heterocycles. The number of para-hydroxylation sites is 1. The number of aromatic amines is 1. The van der Waals surface area contributed by atoms with Gasteiger partial charge in [-0.1, -0.05) is 97.1 Å². The van der Waals surface area contributed by atoms with Crippen LogP contribution in [0.3, 0.4) is 0 Å². The minimum Gasteiger partial charge on any atom is -0.318 e. The van der Waals surface area contributed by atoms with Crippen molar-refractivity contribution in [2.24, 2.45) is 0 Å². The fourth-order valence-corrected chi connectivity index (χ4v) is 5.72. The van der Waals surface area contributed by atoms with E-state index in [1.807, 2.05) is 128 Å². The first-order chi connectivity index (χ1) is 21.5. The number of aromatic nitrogens is 8. The monoisotopic (exact) mass is 580 g/mol. The molecule has 0 aliphatic rings. The Balaban J connectivity index is 1.35. The maximum Gasteiger partial charge on any atom is 0.337 e. The van der Waals surface area contributed by atoms with Gasteiger partial charge in [-0.25, -0.2) is 14.3 Å². The van der Waals surface area contributed by atoms with Crippen LogP contribution in [-0.2, 0) is 6.54 Å². The summed E-state index contributed by atoms with van der Waals surface area (Å²) in [6.07, 6.45) is 0. The Labute approximate surface area is 251 Å². The smallest absolute Gasteiger partial charge is 0.318 e. The number of hydrogen-bond acceptors (Lipinski definition) is 6. The van der Waals surface area contributed by atoms with E-state index in [1.165, 1.54) is 9.13 Å². The van der Waals surface area contributed by atoms with Crippen molar-refractivity contribution < 1.29 is 0 Å². The number of rotatable bonds is 7. The van der Waals surface area contributed by atoms with Crippen molar-refractivity contribution >= 4 is 11.2 Å². The molecule has 0 aliphatic carbocycles. The van der Waals surface area contributed by atoms with Crippen LogP contribution in [0.2, 0.25) is 0 Å². The quantitative estimate of drug-likeness (QED) is 0.278. The highest BCUT2D eigenvalue weighted by Crippen LogP contribution is 2.30. The Morgan fingerprint density at radius 1 is 0.795 bits per heavy atom. The molecule has 0 aliphatic heterocycles. The molecule has 0 bridgehead atoms. The van der Waals surface area contributed by atoms with Crippen LogP contribution in [0.25, 0.3) is 39.4 Å². The Kier molecular flexibility index (Phi) is 6.78. The number of imidazole rings is 1. The first-order valence-corrected chi connectivity index (χ1v) is 14.3. The summed E-state index contributed by atoms with van der Waals surface area (Å²) in [4.78, 5) is 33.1. The minimum atomic E-state index is -0.488. The van der Waals surface area contributed by atoms with Gasteiger partial charge in [0.25, 0.3) is 5.56 Å². The molecule has 10 nitrogen and oxygen atoms in total. The number of tetrazole rings is 1. The molecule has 0 spiro atoms. The number of nitrogens with zero attached hydrogens (tertiary/aromatic N) is 7. The summed E-state index contributed by atoms with van der Waals surface area (Å²) in [5.41, 5.74) is 5.25. The van der Waals surface area contributed by atoms with Gasteiger partial charge in [0, 0.05) is 12.1 Å². The number of nitrogens with one attached hydrogen (secondary N) is 1. The molecule has 7 aromatic rings. The molecular formula is C34H28N8O2. The number of H-pyrrole nitrogens is 1. The van der Waals surface area contributed by atoms with E-state index in [4.69, 9.17) is 4.98 Å². The van der Waals surface area contributed by atoms with Crippen LogP contribution < -0.4 is 11.2 Å². The average Bonchev–Trinajstić information content (AvgIpc) is 3.71. The van der Waals surface area contributed by atoms with Crippen molar-refractivity contribution in [3.8, 4) is 28.2 Å². The number of fused-ring (bicyclic) bond motifs is 1. The summed E-state index contributed by atoms with van der Waals surface area (Å²) >= 11 is 0. The summed E-state index contributed by atoms with van der Waals surface area (Å²) < 4.78 is 4.77. The molecular weight excluding hydrogens is 552 g/mol. The van der Waals surface area contributed by atoms with E-state index >= 15 is 0 Å². The molecule has 1 unspecified atom stereocenters. The molecule has 7 rings (SSSR count). The minimum absolute atomic E-state index is 0.339. The van der Waals surface area contributed by atoms with Crippen molar-refractivity contribution in [3.05, 3.63) is 147 Å². The molecule has 216 valence electrons. The number of hydrogen-bond donors (Lipinski definition) is 1. The third kappa shape index (κ3) is 4.62. The fraction of sp³-hybridized carbons (Fsp3) is 0.118. The van der Waals surface area contributed by atoms with E-state index in [1.54, 1.807) is 0 Å². The van der Waals surface area contributed by atoms with Crippen LogP contribution >= 0.6 is 0 Å². The van der Waals surface area contributed by atoms with Crippen LogP contribution in [0.15, 0.2) is 119 Å². The zero-order valence-electron chi connectivity index (χ0n) is 24.1. The normalized spacial score (nSPS) is 12.0. The maximum absolute atomic E-state index is 14.2. The molecule has 44 heavy (non-hydrogen) atoms. The lowest BCUT2D eigenvalue weighted by molar-refractivity contribution is 0.569. The second kappa shape index (κ2) is 11.1. The molecule has 0 fully saturated rings. The van der Waals surface area contributed by atoms with Gasteiger partial charge in [-0.05, 0) is 53.4 Å². The summed E-state index contributed by atoms with van der Waals surface area (Å²) in [5.74, 6) is 1.16. The lowest BCUT2D eigenvalue weighted by Crippen LogP contribution is -2.42. The number of benzene rings is 4. The summed E-state index contributed by atoms with van der Waals surface area (Å²) in [5, 5.41) is 14.5. The van der Waals surface area contributed by atoms with E-state index in [0.29, 0.717) is 35.0 Å². The zero-order valence-corrected chi connectivity index (χ0v) is 24.1. The van der Waals surface area contributed by atoms with Gasteiger partial charge in [0.05, 0.1) is 11.7 Å². The van der Waals surface area contributed by atoms with E-state index in [-0.39, 0.29) is 5.56 Å². The van der Waals surface area contributed by atoms with Gasteiger partial charge in [-0.15, -0.1) is 10.2 Å².